The van der Waals surface area contributed by atoms with Crippen molar-refractivity contribution in [2.75, 3.05) is 6.61 Å². The first-order chi connectivity index (χ1) is 9.52. The number of halogens is 2. The van der Waals surface area contributed by atoms with Gasteiger partial charge >= 0.3 is 5.97 Å². The molecule has 0 unspecified atom stereocenters. The molecule has 1 N–H and O–H groups in total. The van der Waals surface area contributed by atoms with Gasteiger partial charge in [0.15, 0.2) is 11.6 Å². The normalized spacial score (nSPS) is 11.2. The monoisotopic (exact) mass is 284 g/mol. The van der Waals surface area contributed by atoms with Crippen molar-refractivity contribution in [2.24, 2.45) is 0 Å². The van der Waals surface area contributed by atoms with E-state index in [1.54, 1.807) is 4.57 Å². The highest BCUT2D eigenvalue weighted by Crippen LogP contribution is 2.21. The van der Waals surface area contributed by atoms with Gasteiger partial charge in [0.1, 0.15) is 12.4 Å². The number of carboxylic acids is 1. The van der Waals surface area contributed by atoms with Crippen LogP contribution in [-0.2, 0) is 22.7 Å². The van der Waals surface area contributed by atoms with E-state index in [9.17, 15) is 13.6 Å². The molecule has 7 heteroatoms. The Bertz CT molecular complexity index is 640. The summed E-state index contributed by atoms with van der Waals surface area (Å²) in [4.78, 5) is 14.8. The van der Waals surface area contributed by atoms with E-state index >= 15 is 0 Å². The van der Waals surface area contributed by atoms with Crippen LogP contribution in [0, 0.1) is 11.6 Å². The number of carboxylic acid groups (broad SMARTS) is 1. The van der Waals surface area contributed by atoms with Crippen LogP contribution in [0.1, 0.15) is 19.2 Å². The molecule has 0 aliphatic heterocycles. The molecule has 2 aromatic rings. The number of nitrogens with zero attached hydrogens (tertiary/aromatic N) is 2. The molecule has 5 nitrogen and oxygen atoms in total. The molecular weight excluding hydrogens is 270 g/mol. The summed E-state index contributed by atoms with van der Waals surface area (Å²) in [6, 6.07) is 2.02. The summed E-state index contributed by atoms with van der Waals surface area (Å²) in [6.45, 7) is 2.56. The Hall–Kier alpha value is -2.02. The van der Waals surface area contributed by atoms with Crippen molar-refractivity contribution in [2.45, 2.75) is 26.5 Å². The van der Waals surface area contributed by atoms with Crippen molar-refractivity contribution in [3.05, 3.63) is 29.6 Å². The molecule has 1 aromatic carbocycles. The predicted molar refractivity (Wildman–Crippen MR) is 67.2 cm³/mol. The smallest absolute Gasteiger partial charge is 0.305 e. The zero-order valence-electron chi connectivity index (χ0n) is 10.9. The van der Waals surface area contributed by atoms with Gasteiger partial charge in [-0.15, -0.1) is 0 Å². The van der Waals surface area contributed by atoms with Crippen molar-refractivity contribution in [3.63, 3.8) is 0 Å². The molecule has 1 heterocycles. The van der Waals surface area contributed by atoms with Gasteiger partial charge in [-0.25, -0.2) is 13.8 Å². The maximum absolute atomic E-state index is 13.3. The molecule has 0 atom stereocenters. The highest BCUT2D eigenvalue weighted by Gasteiger charge is 2.15. The van der Waals surface area contributed by atoms with E-state index < -0.39 is 17.6 Å². The number of hydrogen-bond acceptors (Lipinski definition) is 3. The molecule has 0 fully saturated rings. The summed E-state index contributed by atoms with van der Waals surface area (Å²) in [6.07, 6.45) is -0.135. The highest BCUT2D eigenvalue weighted by atomic mass is 19.2. The van der Waals surface area contributed by atoms with E-state index in [4.69, 9.17) is 9.84 Å². The number of hydrogen-bond donors (Lipinski definition) is 1. The van der Waals surface area contributed by atoms with Gasteiger partial charge in [-0.1, -0.05) is 0 Å². The zero-order valence-corrected chi connectivity index (χ0v) is 10.9. The molecular formula is C13H14F2N2O3. The van der Waals surface area contributed by atoms with E-state index in [2.05, 4.69) is 4.98 Å². The van der Waals surface area contributed by atoms with Crippen LogP contribution in [-0.4, -0.2) is 27.2 Å². The topological polar surface area (TPSA) is 64.4 Å². The number of benzene rings is 1. The molecule has 20 heavy (non-hydrogen) atoms. The third-order valence-corrected chi connectivity index (χ3v) is 2.85. The molecule has 0 amide bonds. The summed E-state index contributed by atoms with van der Waals surface area (Å²) >= 11 is 0. The van der Waals surface area contributed by atoms with Crippen LogP contribution >= 0.6 is 0 Å². The zero-order chi connectivity index (χ0) is 14.7. The number of aryl methyl sites for hydroxylation is 1. The lowest BCUT2D eigenvalue weighted by Crippen LogP contribution is -2.09. The average Bonchev–Trinajstić information content (AvgIpc) is 2.71. The Morgan fingerprint density at radius 2 is 2.10 bits per heavy atom. The van der Waals surface area contributed by atoms with E-state index in [1.807, 2.05) is 6.92 Å². The lowest BCUT2D eigenvalue weighted by molar-refractivity contribution is -0.137. The minimum Gasteiger partial charge on any atom is -0.481 e. The number of rotatable bonds is 6. The van der Waals surface area contributed by atoms with E-state index in [1.165, 1.54) is 0 Å². The first kappa shape index (κ1) is 14.4. The standard InChI is InChI=1S/C13H14F2N2O3/c1-2-20-7-12-16-10-5-8(14)9(15)6-11(10)17(12)4-3-13(18)19/h5-6H,2-4,7H2,1H3,(H,18,19). The van der Waals surface area contributed by atoms with Crippen LogP contribution in [0.25, 0.3) is 11.0 Å². The van der Waals surface area contributed by atoms with Crippen LogP contribution < -0.4 is 0 Å². The number of ether oxygens (including phenoxy) is 1. The molecule has 108 valence electrons. The van der Waals surface area contributed by atoms with Gasteiger partial charge in [0, 0.05) is 25.3 Å². The molecule has 0 saturated carbocycles. The Morgan fingerprint density at radius 1 is 1.40 bits per heavy atom. The lowest BCUT2D eigenvalue weighted by Gasteiger charge is -2.07. The molecule has 0 spiro atoms. The lowest BCUT2D eigenvalue weighted by atomic mass is 10.3. The van der Waals surface area contributed by atoms with E-state index in [-0.39, 0.29) is 25.1 Å². The van der Waals surface area contributed by atoms with Gasteiger partial charge in [-0.2, -0.15) is 0 Å². The first-order valence-corrected chi connectivity index (χ1v) is 6.16. The SMILES string of the molecule is CCOCc1nc2cc(F)c(F)cc2n1CCC(=O)O. The number of imidazole rings is 1. The van der Waals surface area contributed by atoms with Crippen molar-refractivity contribution in [1.29, 1.82) is 0 Å². The Balaban J connectivity index is 2.46. The number of fused-ring (bicyclic) bond motifs is 1. The van der Waals surface area contributed by atoms with E-state index in [0.29, 0.717) is 17.9 Å². The van der Waals surface area contributed by atoms with Crippen LogP contribution in [0.4, 0.5) is 8.78 Å². The molecule has 0 aliphatic rings. The first-order valence-electron chi connectivity index (χ1n) is 6.16. The summed E-state index contributed by atoms with van der Waals surface area (Å²) in [5, 5.41) is 8.75. The van der Waals surface area contributed by atoms with Gasteiger partial charge in [-0.05, 0) is 6.92 Å². The highest BCUT2D eigenvalue weighted by molar-refractivity contribution is 5.76. The van der Waals surface area contributed by atoms with Gasteiger partial charge in [0.25, 0.3) is 0 Å². The van der Waals surface area contributed by atoms with Crippen molar-refractivity contribution < 1.29 is 23.4 Å². The van der Waals surface area contributed by atoms with Crippen molar-refractivity contribution in [3.8, 4) is 0 Å². The van der Waals surface area contributed by atoms with Crippen LogP contribution in [0.5, 0.6) is 0 Å². The molecule has 2 rings (SSSR count). The summed E-state index contributed by atoms with van der Waals surface area (Å²) in [7, 11) is 0. The fraction of sp³-hybridized carbons (Fsp3) is 0.385. The van der Waals surface area contributed by atoms with Gasteiger partial charge in [-0.3, -0.25) is 4.79 Å². The summed E-state index contributed by atoms with van der Waals surface area (Å²) < 4.78 is 33.3. The maximum Gasteiger partial charge on any atom is 0.305 e. The fourth-order valence-electron chi connectivity index (χ4n) is 1.93. The second-order valence-corrected chi connectivity index (χ2v) is 4.22. The van der Waals surface area contributed by atoms with Gasteiger partial charge < -0.3 is 14.4 Å². The second-order valence-electron chi connectivity index (χ2n) is 4.22. The average molecular weight is 284 g/mol. The Morgan fingerprint density at radius 3 is 2.75 bits per heavy atom. The minimum absolute atomic E-state index is 0.124. The molecule has 0 bridgehead atoms. The van der Waals surface area contributed by atoms with Crippen LogP contribution in [0.15, 0.2) is 12.1 Å². The van der Waals surface area contributed by atoms with Crippen molar-refractivity contribution in [1.82, 2.24) is 9.55 Å². The van der Waals surface area contributed by atoms with Gasteiger partial charge in [0.2, 0.25) is 0 Å². The van der Waals surface area contributed by atoms with Crippen LogP contribution in [0.2, 0.25) is 0 Å². The predicted octanol–water partition coefficient (Wildman–Crippen LogP) is 2.33. The quantitative estimate of drug-likeness (QED) is 0.884. The number of aromatic nitrogens is 2. The van der Waals surface area contributed by atoms with Crippen LogP contribution in [0.3, 0.4) is 0 Å². The largest absolute Gasteiger partial charge is 0.481 e. The molecule has 0 aliphatic carbocycles. The summed E-state index contributed by atoms with van der Waals surface area (Å²) in [5.41, 5.74) is 0.642. The minimum atomic E-state index is -0.989. The van der Waals surface area contributed by atoms with Gasteiger partial charge in [0.05, 0.1) is 17.5 Å². The fourth-order valence-corrected chi connectivity index (χ4v) is 1.93. The Labute approximate surface area is 113 Å². The third-order valence-electron chi connectivity index (χ3n) is 2.85. The Kier molecular flexibility index (Phi) is 4.29. The number of aliphatic carboxylic acids is 1. The number of carbonyl (C=O) groups is 1. The molecule has 1 aromatic heterocycles. The second kappa shape index (κ2) is 5.96. The maximum atomic E-state index is 13.3. The molecule has 0 radical (unpaired) electrons. The molecule has 0 saturated heterocycles. The van der Waals surface area contributed by atoms with Crippen molar-refractivity contribution >= 4 is 17.0 Å². The summed E-state index contributed by atoms with van der Waals surface area (Å²) in [5.74, 6) is -2.50. The van der Waals surface area contributed by atoms with E-state index in [0.717, 1.165) is 12.1 Å². The third kappa shape index (κ3) is 2.93.